The van der Waals surface area contributed by atoms with Crippen molar-refractivity contribution < 1.29 is 43.1 Å². The van der Waals surface area contributed by atoms with Crippen molar-refractivity contribution in [2.45, 2.75) is 88.9 Å². The minimum absolute atomic E-state index is 0.101. The smallest absolute Gasteiger partial charge is 0.331 e. The number of hydrogen-bond acceptors (Lipinski definition) is 9. The van der Waals surface area contributed by atoms with Gasteiger partial charge in [-0.3, -0.25) is 0 Å². The van der Waals surface area contributed by atoms with E-state index >= 15 is 0 Å². The van der Waals surface area contributed by atoms with E-state index in [0.717, 1.165) is 6.42 Å². The number of ether oxygens (including phenoxy) is 6. The Hall–Kier alpha value is -2.30. The van der Waals surface area contributed by atoms with Crippen LogP contribution in [0.5, 0.6) is 0 Å². The Balaban J connectivity index is 1.40. The number of epoxide rings is 1. The molecule has 9 atom stereocenters. The summed E-state index contributed by atoms with van der Waals surface area (Å²) in [6, 6.07) is 0. The van der Waals surface area contributed by atoms with Crippen molar-refractivity contribution in [2.75, 3.05) is 19.8 Å². The van der Waals surface area contributed by atoms with Crippen LogP contribution in [0.1, 0.15) is 47.0 Å². The maximum Gasteiger partial charge on any atom is 0.331 e. The van der Waals surface area contributed by atoms with E-state index in [4.69, 9.17) is 28.4 Å². The van der Waals surface area contributed by atoms with Crippen molar-refractivity contribution in [1.29, 1.82) is 0 Å². The normalized spacial score (nSPS) is 50.0. The highest BCUT2D eigenvalue weighted by Crippen LogP contribution is 2.72. The molecule has 2 spiro atoms. The Bertz CT molecular complexity index is 1150. The first kappa shape index (κ1) is 26.0. The molecule has 4 fully saturated rings. The molecule has 2 aliphatic carbocycles. The van der Waals surface area contributed by atoms with Gasteiger partial charge < -0.3 is 33.5 Å². The average molecular weight is 529 g/mol. The summed E-state index contributed by atoms with van der Waals surface area (Å²) < 4.78 is 36.7. The summed E-state index contributed by atoms with van der Waals surface area (Å²) in [4.78, 5) is 26.1. The van der Waals surface area contributed by atoms with E-state index in [1.165, 1.54) is 17.7 Å². The number of aliphatic hydroxyl groups is 1. The van der Waals surface area contributed by atoms with Gasteiger partial charge in [-0.1, -0.05) is 30.7 Å². The second-order valence-electron chi connectivity index (χ2n) is 11.8. The summed E-state index contributed by atoms with van der Waals surface area (Å²) in [6.07, 6.45) is 9.15. The second-order valence-corrected chi connectivity index (χ2v) is 11.8. The zero-order chi connectivity index (χ0) is 26.9. The second kappa shape index (κ2) is 8.86. The number of fused-ring (bicyclic) bond motifs is 2. The highest BCUT2D eigenvalue weighted by molar-refractivity contribution is 5.83. The Morgan fingerprint density at radius 2 is 1.87 bits per heavy atom. The monoisotopic (exact) mass is 528 g/mol. The minimum atomic E-state index is -1.40. The van der Waals surface area contributed by atoms with Crippen LogP contribution in [0.2, 0.25) is 0 Å². The van der Waals surface area contributed by atoms with E-state index in [2.05, 4.69) is 19.9 Å². The van der Waals surface area contributed by atoms with Gasteiger partial charge in [0.15, 0.2) is 0 Å². The molecule has 1 N–H and O–H groups in total. The van der Waals surface area contributed by atoms with Crippen LogP contribution in [0.15, 0.2) is 47.6 Å². The first-order valence-corrected chi connectivity index (χ1v) is 13.4. The number of carbonyl (C=O) groups excluding carboxylic acids is 2. The van der Waals surface area contributed by atoms with Gasteiger partial charge in [0.05, 0.1) is 30.8 Å². The fraction of sp³-hybridized carbons (Fsp3) is 0.655. The van der Waals surface area contributed by atoms with Crippen molar-refractivity contribution in [3.05, 3.63) is 47.6 Å². The summed E-state index contributed by atoms with van der Waals surface area (Å²) in [7, 11) is 0. The molecule has 0 amide bonds. The van der Waals surface area contributed by atoms with Gasteiger partial charge in [0.25, 0.3) is 0 Å². The van der Waals surface area contributed by atoms with E-state index in [-0.39, 0.29) is 25.4 Å². The maximum atomic E-state index is 13.1. The molecular weight excluding hydrogens is 492 g/mol. The van der Waals surface area contributed by atoms with Crippen LogP contribution < -0.4 is 0 Å². The van der Waals surface area contributed by atoms with Gasteiger partial charge in [-0.05, 0) is 45.3 Å². The standard InChI is InChI=1S/C29H36O9/c1-17-8-10-27-15-33-25(32)12-18(2)20-14-34-29(38-20,19(3)30)9-6-5-7-24(31)37-21-13-23(36-22(27)11-17)28(16-35-28)26(21,27)4/h5-7,9,11-12,19-23,30H,8,10,13-16H2,1-4H3/b7-5-,9-6+,18-12+/t19-,20+,21-,22-,23-,26-,27-,28?,29?/m1/s1. The van der Waals surface area contributed by atoms with Crippen molar-refractivity contribution in [1.82, 2.24) is 0 Å². The van der Waals surface area contributed by atoms with E-state index < -0.39 is 52.5 Å². The van der Waals surface area contributed by atoms with E-state index in [9.17, 15) is 14.7 Å². The first-order valence-electron chi connectivity index (χ1n) is 13.4. The molecule has 1 saturated carbocycles. The predicted octanol–water partition coefficient (Wildman–Crippen LogP) is 2.68. The van der Waals surface area contributed by atoms with Crippen LogP contribution in [0.4, 0.5) is 0 Å². The molecule has 2 unspecified atom stereocenters. The summed E-state index contributed by atoms with van der Waals surface area (Å²) in [5.74, 6) is -2.39. The Morgan fingerprint density at radius 1 is 1.08 bits per heavy atom. The number of hydrogen-bond donors (Lipinski definition) is 1. The molecule has 4 aliphatic heterocycles. The summed E-state index contributed by atoms with van der Waals surface area (Å²) in [5.41, 5.74) is 0.0229. The van der Waals surface area contributed by atoms with Crippen LogP contribution >= 0.6 is 0 Å². The molecule has 9 nitrogen and oxygen atoms in total. The molecule has 0 aromatic rings. The Labute approximate surface area is 222 Å². The lowest BCUT2D eigenvalue weighted by Gasteiger charge is -2.58. The third-order valence-corrected chi connectivity index (χ3v) is 9.84. The van der Waals surface area contributed by atoms with Crippen molar-refractivity contribution in [3.8, 4) is 0 Å². The van der Waals surface area contributed by atoms with E-state index in [0.29, 0.717) is 25.0 Å². The van der Waals surface area contributed by atoms with Gasteiger partial charge in [-0.25, -0.2) is 9.59 Å². The third-order valence-electron chi connectivity index (χ3n) is 9.84. The van der Waals surface area contributed by atoms with Gasteiger partial charge in [-0.15, -0.1) is 0 Å². The summed E-state index contributed by atoms with van der Waals surface area (Å²) >= 11 is 0. The highest BCUT2D eigenvalue weighted by atomic mass is 16.8. The summed E-state index contributed by atoms with van der Waals surface area (Å²) in [5, 5.41) is 10.4. The topological polar surface area (TPSA) is 113 Å². The lowest BCUT2D eigenvalue weighted by atomic mass is 9.51. The molecule has 38 heavy (non-hydrogen) atoms. The van der Waals surface area contributed by atoms with Gasteiger partial charge >= 0.3 is 11.9 Å². The van der Waals surface area contributed by atoms with Gasteiger partial charge in [-0.2, -0.15) is 0 Å². The molecule has 3 saturated heterocycles. The van der Waals surface area contributed by atoms with Crippen molar-refractivity contribution in [2.24, 2.45) is 10.8 Å². The predicted molar refractivity (Wildman–Crippen MR) is 134 cm³/mol. The lowest BCUT2D eigenvalue weighted by molar-refractivity contribution is -0.232. The SMILES string of the molecule is CC1=C[C@H]2O[C@@H]3C[C@H]4OC(=O)/C=C\C=C\C5([C@@H](C)O)OC[C@H](O5)/C(C)=C/C(=O)OC[C@@]2(CC1)[C@]4(C)C31CO1. The van der Waals surface area contributed by atoms with E-state index in [1.807, 2.05) is 0 Å². The number of cyclic esters (lactones) is 1. The fourth-order valence-corrected chi connectivity index (χ4v) is 7.32. The van der Waals surface area contributed by atoms with Crippen LogP contribution in [-0.2, 0) is 38.0 Å². The van der Waals surface area contributed by atoms with Crippen molar-refractivity contribution >= 4 is 11.9 Å². The van der Waals surface area contributed by atoms with Crippen LogP contribution in [-0.4, -0.2) is 78.8 Å². The van der Waals surface area contributed by atoms with E-state index in [1.54, 1.807) is 32.1 Å². The minimum Gasteiger partial charge on any atom is -0.462 e. The van der Waals surface area contributed by atoms with Crippen LogP contribution in [0.3, 0.4) is 0 Å². The van der Waals surface area contributed by atoms with Crippen LogP contribution in [0, 0.1) is 10.8 Å². The maximum absolute atomic E-state index is 13.1. The number of esters is 2. The average Bonchev–Trinajstić information content (AvgIpc) is 3.52. The number of carbonyl (C=O) groups is 2. The third kappa shape index (κ3) is 3.63. The first-order chi connectivity index (χ1) is 18.1. The Morgan fingerprint density at radius 3 is 2.61 bits per heavy atom. The molecule has 9 heteroatoms. The molecule has 0 radical (unpaired) electrons. The van der Waals surface area contributed by atoms with Gasteiger partial charge in [0.2, 0.25) is 5.79 Å². The van der Waals surface area contributed by atoms with Crippen LogP contribution in [0.25, 0.3) is 0 Å². The number of allylic oxidation sites excluding steroid dienone is 3. The quantitative estimate of drug-likeness (QED) is 0.312. The molecule has 6 aliphatic rings. The molecule has 206 valence electrons. The Kier molecular flexibility index (Phi) is 6.05. The molecule has 0 aromatic carbocycles. The molecule has 4 heterocycles. The zero-order valence-corrected chi connectivity index (χ0v) is 22.3. The lowest BCUT2D eigenvalue weighted by Crippen LogP contribution is -2.66. The van der Waals surface area contributed by atoms with Crippen molar-refractivity contribution in [3.63, 3.8) is 0 Å². The zero-order valence-electron chi connectivity index (χ0n) is 22.3. The molecule has 4 bridgehead atoms. The molecule has 6 rings (SSSR count). The molecular formula is C29H36O9. The fourth-order valence-electron chi connectivity index (χ4n) is 7.32. The van der Waals surface area contributed by atoms with Gasteiger partial charge in [0.1, 0.15) is 30.5 Å². The molecule has 0 aromatic heterocycles. The largest absolute Gasteiger partial charge is 0.462 e. The summed E-state index contributed by atoms with van der Waals surface area (Å²) in [6.45, 7) is 8.31. The number of aliphatic hydroxyl groups excluding tert-OH is 1. The highest BCUT2D eigenvalue weighted by Gasteiger charge is 2.83. The van der Waals surface area contributed by atoms with Gasteiger partial charge in [0, 0.05) is 24.0 Å². The number of rotatable bonds is 1.